The lowest BCUT2D eigenvalue weighted by atomic mass is 9.79. The summed E-state index contributed by atoms with van der Waals surface area (Å²) < 4.78 is 5.76. The molecule has 2 fully saturated rings. The van der Waals surface area contributed by atoms with Gasteiger partial charge in [0.15, 0.2) is 0 Å². The number of carbonyl (C=O) groups is 3. The van der Waals surface area contributed by atoms with Crippen LogP contribution in [-0.4, -0.2) is 57.8 Å². The number of nitrogens with zero attached hydrogens (tertiary/aromatic N) is 1. The first-order chi connectivity index (χ1) is 17.0. The van der Waals surface area contributed by atoms with E-state index >= 15 is 0 Å². The standard InChI is InChI=1S/C27H30N2O5S/c30-24(29-17-35-16-23(29)25(31)32)14-27(12-6-1-7-13-27)28-26(33)34-15-22-20-10-4-2-8-18(20)19-9-3-5-11-21(19)22/h2-5,8-11,22-23H,1,6-7,12-17H2,(H,28,33)(H,31,32)/t23-/m0/s1. The zero-order chi connectivity index (χ0) is 24.4. The maximum atomic E-state index is 13.1. The molecule has 184 valence electrons. The van der Waals surface area contributed by atoms with E-state index in [-0.39, 0.29) is 24.9 Å². The van der Waals surface area contributed by atoms with Crippen molar-refractivity contribution in [1.82, 2.24) is 10.2 Å². The molecule has 3 aliphatic rings. The molecule has 1 saturated heterocycles. The average Bonchev–Trinajstić information content (AvgIpc) is 3.47. The lowest BCUT2D eigenvalue weighted by molar-refractivity contribution is -0.148. The van der Waals surface area contributed by atoms with Crippen molar-refractivity contribution in [3.05, 3.63) is 59.7 Å². The van der Waals surface area contributed by atoms with Crippen LogP contribution in [0.2, 0.25) is 0 Å². The van der Waals surface area contributed by atoms with E-state index in [9.17, 15) is 19.5 Å². The molecular formula is C27H30N2O5S. The molecule has 35 heavy (non-hydrogen) atoms. The Morgan fingerprint density at radius 3 is 2.26 bits per heavy atom. The Morgan fingerprint density at radius 1 is 1.00 bits per heavy atom. The molecule has 7 nitrogen and oxygen atoms in total. The van der Waals surface area contributed by atoms with Crippen LogP contribution in [0.3, 0.4) is 0 Å². The van der Waals surface area contributed by atoms with Gasteiger partial charge in [-0.3, -0.25) is 4.79 Å². The monoisotopic (exact) mass is 494 g/mol. The molecular weight excluding hydrogens is 464 g/mol. The van der Waals surface area contributed by atoms with Gasteiger partial charge in [0.05, 0.1) is 17.8 Å². The molecule has 1 saturated carbocycles. The first-order valence-electron chi connectivity index (χ1n) is 12.2. The van der Waals surface area contributed by atoms with Gasteiger partial charge in [0.25, 0.3) is 0 Å². The van der Waals surface area contributed by atoms with Gasteiger partial charge >= 0.3 is 12.1 Å². The number of hydrogen-bond donors (Lipinski definition) is 2. The third-order valence-electron chi connectivity index (χ3n) is 7.50. The van der Waals surface area contributed by atoms with Crippen molar-refractivity contribution < 1.29 is 24.2 Å². The predicted octanol–water partition coefficient (Wildman–Crippen LogP) is 4.60. The van der Waals surface area contributed by atoms with Crippen LogP contribution in [0.25, 0.3) is 11.1 Å². The summed E-state index contributed by atoms with van der Waals surface area (Å²) >= 11 is 1.45. The second kappa shape index (κ2) is 9.93. The molecule has 2 N–H and O–H groups in total. The maximum Gasteiger partial charge on any atom is 0.407 e. The number of aliphatic carboxylic acids is 1. The van der Waals surface area contributed by atoms with Crippen molar-refractivity contribution in [1.29, 1.82) is 0 Å². The first kappa shape index (κ1) is 23.7. The third kappa shape index (κ3) is 4.76. The lowest BCUT2D eigenvalue weighted by Gasteiger charge is -2.38. The molecule has 0 bridgehead atoms. The number of amides is 2. The molecule has 0 spiro atoms. The Kier molecular flexibility index (Phi) is 6.73. The largest absolute Gasteiger partial charge is 0.480 e. The van der Waals surface area contributed by atoms with E-state index in [2.05, 4.69) is 29.6 Å². The fraction of sp³-hybridized carbons (Fsp3) is 0.444. The van der Waals surface area contributed by atoms with Crippen LogP contribution in [0.4, 0.5) is 4.79 Å². The highest BCUT2D eigenvalue weighted by atomic mass is 32.2. The van der Waals surface area contributed by atoms with Gasteiger partial charge in [-0.15, -0.1) is 11.8 Å². The van der Waals surface area contributed by atoms with E-state index in [0.717, 1.165) is 30.4 Å². The fourth-order valence-corrected chi connectivity index (χ4v) is 6.88. The highest BCUT2D eigenvalue weighted by Gasteiger charge is 2.41. The van der Waals surface area contributed by atoms with Crippen LogP contribution in [0.15, 0.2) is 48.5 Å². The Labute approximate surface area is 209 Å². The van der Waals surface area contributed by atoms with Crippen molar-refractivity contribution in [3.63, 3.8) is 0 Å². The number of carboxylic acid groups (broad SMARTS) is 1. The highest BCUT2D eigenvalue weighted by molar-refractivity contribution is 7.99. The van der Waals surface area contributed by atoms with E-state index in [1.54, 1.807) is 0 Å². The number of ether oxygens (including phenoxy) is 1. The summed E-state index contributed by atoms with van der Waals surface area (Å²) in [5.41, 5.74) is 3.94. The Bertz CT molecular complexity index is 1080. The Hall–Kier alpha value is -3.00. The number of carbonyl (C=O) groups excluding carboxylic acids is 2. The van der Waals surface area contributed by atoms with Crippen LogP contribution in [0.5, 0.6) is 0 Å². The molecule has 0 radical (unpaired) electrons. The molecule has 2 aromatic rings. The van der Waals surface area contributed by atoms with Crippen molar-refractivity contribution in [3.8, 4) is 11.1 Å². The fourth-order valence-electron chi connectivity index (χ4n) is 5.71. The smallest absolute Gasteiger partial charge is 0.407 e. The van der Waals surface area contributed by atoms with E-state index in [1.165, 1.54) is 27.8 Å². The average molecular weight is 495 g/mol. The summed E-state index contributed by atoms with van der Waals surface area (Å²) in [5, 5.41) is 12.5. The minimum atomic E-state index is -0.981. The van der Waals surface area contributed by atoms with Crippen LogP contribution >= 0.6 is 11.8 Å². The molecule has 2 aromatic carbocycles. The van der Waals surface area contributed by atoms with Gasteiger partial charge in [0.1, 0.15) is 12.6 Å². The number of rotatable bonds is 6. The van der Waals surface area contributed by atoms with Crippen molar-refractivity contribution in [2.45, 2.75) is 56.0 Å². The molecule has 2 aliphatic carbocycles. The number of nitrogens with one attached hydrogen (secondary N) is 1. The number of hydrogen-bond acceptors (Lipinski definition) is 5. The molecule has 8 heteroatoms. The summed E-state index contributed by atoms with van der Waals surface area (Å²) in [6, 6.07) is 15.6. The van der Waals surface area contributed by atoms with Gasteiger partial charge in [0.2, 0.25) is 5.91 Å². The van der Waals surface area contributed by atoms with Gasteiger partial charge in [0, 0.05) is 11.7 Å². The molecule has 2 amide bonds. The SMILES string of the molecule is O=C(NC1(CC(=O)N2CSC[C@H]2C(=O)O)CCCCC1)OCC1c2ccccc2-c2ccccc21. The second-order valence-corrected chi connectivity index (χ2v) is 10.7. The molecule has 1 atom stereocenters. The Morgan fingerprint density at radius 2 is 1.63 bits per heavy atom. The van der Waals surface area contributed by atoms with Crippen LogP contribution in [-0.2, 0) is 14.3 Å². The maximum absolute atomic E-state index is 13.1. The number of thioether (sulfide) groups is 1. The topological polar surface area (TPSA) is 95.9 Å². The second-order valence-electron chi connectivity index (χ2n) is 9.69. The third-order valence-corrected chi connectivity index (χ3v) is 8.51. The zero-order valence-corrected chi connectivity index (χ0v) is 20.4. The van der Waals surface area contributed by atoms with Crippen molar-refractivity contribution >= 4 is 29.7 Å². The van der Waals surface area contributed by atoms with Crippen LogP contribution in [0, 0.1) is 0 Å². The zero-order valence-electron chi connectivity index (χ0n) is 19.6. The number of fused-ring (bicyclic) bond motifs is 3. The minimum Gasteiger partial charge on any atom is -0.480 e. The minimum absolute atomic E-state index is 0.0324. The quantitative estimate of drug-likeness (QED) is 0.609. The predicted molar refractivity (Wildman–Crippen MR) is 134 cm³/mol. The van der Waals surface area contributed by atoms with E-state index in [0.29, 0.717) is 24.5 Å². The van der Waals surface area contributed by atoms with Gasteiger partial charge in [-0.05, 0) is 35.1 Å². The number of carboxylic acids is 1. The van der Waals surface area contributed by atoms with E-state index < -0.39 is 23.6 Å². The summed E-state index contributed by atoms with van der Waals surface area (Å²) in [6.45, 7) is 0.216. The van der Waals surface area contributed by atoms with Gasteiger partial charge in [-0.25, -0.2) is 9.59 Å². The van der Waals surface area contributed by atoms with Gasteiger partial charge in [-0.2, -0.15) is 0 Å². The normalized spacial score (nSPS) is 20.7. The van der Waals surface area contributed by atoms with Crippen LogP contribution < -0.4 is 5.32 Å². The van der Waals surface area contributed by atoms with Crippen molar-refractivity contribution in [2.24, 2.45) is 0 Å². The summed E-state index contributed by atoms with van der Waals surface area (Å²) in [5.74, 6) is -0.464. The molecule has 1 aliphatic heterocycles. The number of benzene rings is 2. The highest BCUT2D eigenvalue weighted by Crippen LogP contribution is 2.44. The van der Waals surface area contributed by atoms with E-state index in [1.807, 2.05) is 24.3 Å². The van der Waals surface area contributed by atoms with Crippen molar-refractivity contribution in [2.75, 3.05) is 18.2 Å². The number of alkyl carbamates (subject to hydrolysis) is 1. The molecule has 0 aromatic heterocycles. The van der Waals surface area contributed by atoms with Crippen LogP contribution in [0.1, 0.15) is 55.6 Å². The summed E-state index contributed by atoms with van der Waals surface area (Å²) in [6.07, 6.45) is 3.82. The Balaban J connectivity index is 1.27. The summed E-state index contributed by atoms with van der Waals surface area (Å²) in [4.78, 5) is 39.1. The van der Waals surface area contributed by atoms with Gasteiger partial charge in [-0.1, -0.05) is 67.8 Å². The van der Waals surface area contributed by atoms with E-state index in [4.69, 9.17) is 4.74 Å². The molecule has 1 heterocycles. The van der Waals surface area contributed by atoms with Gasteiger partial charge < -0.3 is 20.1 Å². The summed E-state index contributed by atoms with van der Waals surface area (Å²) in [7, 11) is 0. The molecule has 5 rings (SSSR count). The molecule has 0 unspecified atom stereocenters. The lowest BCUT2D eigenvalue weighted by Crippen LogP contribution is -2.54. The first-order valence-corrected chi connectivity index (χ1v) is 13.4.